The molecule has 1 N–H and O–H groups in total. The quantitative estimate of drug-likeness (QED) is 0.868. The molecule has 0 radical (unpaired) electrons. The van der Waals surface area contributed by atoms with E-state index in [9.17, 15) is 5.11 Å². The first-order valence-corrected chi connectivity index (χ1v) is 6.46. The molecule has 1 aliphatic rings. The largest absolute Gasteiger partial charge is 0.497 e. The van der Waals surface area contributed by atoms with E-state index in [0.717, 1.165) is 42.6 Å². The van der Waals surface area contributed by atoms with E-state index in [1.807, 2.05) is 18.2 Å². The Hall–Kier alpha value is -1.02. The van der Waals surface area contributed by atoms with Crippen LogP contribution in [0.5, 0.6) is 5.75 Å². The number of hydrogen-bond donors (Lipinski definition) is 1. The lowest BCUT2D eigenvalue weighted by Gasteiger charge is -2.25. The first-order valence-electron chi connectivity index (χ1n) is 6.46. The molecule has 0 bridgehead atoms. The summed E-state index contributed by atoms with van der Waals surface area (Å²) in [5.41, 5.74) is 1.59. The van der Waals surface area contributed by atoms with Crippen molar-refractivity contribution in [3.05, 3.63) is 29.3 Å². The fourth-order valence-electron chi connectivity index (χ4n) is 3.00. The van der Waals surface area contributed by atoms with Crippen LogP contribution in [-0.2, 0) is 5.60 Å². The van der Waals surface area contributed by atoms with Crippen molar-refractivity contribution in [2.24, 2.45) is 5.92 Å². The number of methoxy groups -OCH3 is 1. The monoisotopic (exact) mass is 234 g/mol. The van der Waals surface area contributed by atoms with Crippen LogP contribution in [0.25, 0.3) is 0 Å². The molecule has 2 rings (SSSR count). The Morgan fingerprint density at radius 3 is 2.76 bits per heavy atom. The third-order valence-electron chi connectivity index (χ3n) is 4.10. The van der Waals surface area contributed by atoms with E-state index in [-0.39, 0.29) is 0 Å². The summed E-state index contributed by atoms with van der Waals surface area (Å²) in [6, 6.07) is 5.97. The van der Waals surface area contributed by atoms with Gasteiger partial charge in [-0.2, -0.15) is 0 Å². The summed E-state index contributed by atoms with van der Waals surface area (Å²) in [6.45, 7) is 4.26. The number of rotatable bonds is 3. The van der Waals surface area contributed by atoms with Crippen molar-refractivity contribution < 1.29 is 9.84 Å². The van der Waals surface area contributed by atoms with Crippen molar-refractivity contribution in [2.45, 2.75) is 45.1 Å². The van der Waals surface area contributed by atoms with Crippen molar-refractivity contribution in [3.63, 3.8) is 0 Å². The Balaban J connectivity index is 2.28. The highest BCUT2D eigenvalue weighted by molar-refractivity contribution is 5.38. The van der Waals surface area contributed by atoms with Gasteiger partial charge in [-0.05, 0) is 55.4 Å². The van der Waals surface area contributed by atoms with Crippen LogP contribution in [0, 0.1) is 12.8 Å². The summed E-state index contributed by atoms with van der Waals surface area (Å²) in [7, 11) is 1.67. The zero-order valence-corrected chi connectivity index (χ0v) is 11.0. The molecule has 0 aliphatic heterocycles. The topological polar surface area (TPSA) is 29.5 Å². The summed E-state index contributed by atoms with van der Waals surface area (Å²) < 4.78 is 5.21. The Bertz CT molecular complexity index is 400. The van der Waals surface area contributed by atoms with Crippen LogP contribution < -0.4 is 4.74 Å². The Kier molecular flexibility index (Phi) is 3.43. The van der Waals surface area contributed by atoms with Crippen molar-refractivity contribution >= 4 is 0 Å². The molecule has 2 unspecified atom stereocenters. The molecule has 2 nitrogen and oxygen atoms in total. The Morgan fingerprint density at radius 2 is 2.24 bits per heavy atom. The minimum atomic E-state index is -0.614. The van der Waals surface area contributed by atoms with Crippen LogP contribution in [0.15, 0.2) is 18.2 Å². The predicted molar refractivity (Wildman–Crippen MR) is 69.3 cm³/mol. The minimum absolute atomic E-state index is 0.614. The number of benzene rings is 1. The van der Waals surface area contributed by atoms with Gasteiger partial charge in [-0.25, -0.2) is 0 Å². The molecule has 1 aromatic carbocycles. The lowest BCUT2D eigenvalue weighted by molar-refractivity contribution is 0.0391. The van der Waals surface area contributed by atoms with Gasteiger partial charge in [-0.3, -0.25) is 0 Å². The molecule has 0 spiro atoms. The van der Waals surface area contributed by atoms with Gasteiger partial charge in [0.15, 0.2) is 0 Å². The molecule has 0 aromatic heterocycles. The second-order valence-electron chi connectivity index (χ2n) is 5.23. The van der Waals surface area contributed by atoms with Gasteiger partial charge < -0.3 is 9.84 Å². The predicted octanol–water partition coefficient (Wildman–Crippen LogP) is 3.40. The maximum Gasteiger partial charge on any atom is 0.119 e. The molecular formula is C15H22O2. The van der Waals surface area contributed by atoms with Gasteiger partial charge in [0.2, 0.25) is 0 Å². The summed E-state index contributed by atoms with van der Waals surface area (Å²) in [5.74, 6) is 1.53. The Morgan fingerprint density at radius 1 is 1.47 bits per heavy atom. The molecule has 17 heavy (non-hydrogen) atoms. The van der Waals surface area contributed by atoms with Gasteiger partial charge >= 0.3 is 0 Å². The summed E-state index contributed by atoms with van der Waals surface area (Å²) in [6.07, 6.45) is 4.09. The maximum atomic E-state index is 10.8. The SMILES string of the molecule is CCC1CCC(O)(c2ccc(OC)cc2C)C1. The third kappa shape index (κ3) is 2.32. The summed E-state index contributed by atoms with van der Waals surface area (Å²) in [5, 5.41) is 10.8. The number of ether oxygens (including phenoxy) is 1. The second kappa shape index (κ2) is 4.69. The zero-order chi connectivity index (χ0) is 12.5. The van der Waals surface area contributed by atoms with Crippen molar-refractivity contribution in [2.75, 3.05) is 7.11 Å². The maximum absolute atomic E-state index is 10.8. The highest BCUT2D eigenvalue weighted by atomic mass is 16.5. The normalized spacial score (nSPS) is 28.4. The van der Waals surface area contributed by atoms with E-state index in [1.54, 1.807) is 7.11 Å². The molecule has 94 valence electrons. The smallest absolute Gasteiger partial charge is 0.119 e. The molecular weight excluding hydrogens is 212 g/mol. The highest BCUT2D eigenvalue weighted by Gasteiger charge is 2.38. The fraction of sp³-hybridized carbons (Fsp3) is 0.600. The van der Waals surface area contributed by atoms with Gasteiger partial charge in [0, 0.05) is 0 Å². The van der Waals surface area contributed by atoms with Crippen LogP contribution in [0.3, 0.4) is 0 Å². The standard InChI is InChI=1S/C15H22O2/c1-4-12-7-8-15(16,10-12)14-6-5-13(17-3)9-11(14)2/h5-6,9,12,16H,4,7-8,10H2,1-3H3. The van der Waals surface area contributed by atoms with Crippen LogP contribution in [0.2, 0.25) is 0 Å². The number of aliphatic hydroxyl groups is 1. The van der Waals surface area contributed by atoms with E-state index >= 15 is 0 Å². The van der Waals surface area contributed by atoms with Crippen molar-refractivity contribution in [1.82, 2.24) is 0 Å². The van der Waals surface area contributed by atoms with Gasteiger partial charge in [0.1, 0.15) is 5.75 Å². The van der Waals surface area contributed by atoms with E-state index in [4.69, 9.17) is 4.74 Å². The van der Waals surface area contributed by atoms with Crippen molar-refractivity contribution in [1.29, 1.82) is 0 Å². The van der Waals surface area contributed by atoms with Gasteiger partial charge in [-0.15, -0.1) is 0 Å². The highest BCUT2D eigenvalue weighted by Crippen LogP contribution is 2.44. The average molecular weight is 234 g/mol. The average Bonchev–Trinajstić information content (AvgIpc) is 2.71. The van der Waals surface area contributed by atoms with Crippen molar-refractivity contribution in [3.8, 4) is 5.75 Å². The molecule has 1 saturated carbocycles. The van der Waals surface area contributed by atoms with Gasteiger partial charge in [-0.1, -0.05) is 19.4 Å². The van der Waals surface area contributed by atoms with E-state index in [0.29, 0.717) is 5.92 Å². The molecule has 0 heterocycles. The molecule has 1 aromatic rings. The zero-order valence-electron chi connectivity index (χ0n) is 11.0. The van der Waals surface area contributed by atoms with Crippen LogP contribution >= 0.6 is 0 Å². The van der Waals surface area contributed by atoms with E-state index in [2.05, 4.69) is 13.8 Å². The lowest BCUT2D eigenvalue weighted by Crippen LogP contribution is -2.23. The fourth-order valence-corrected chi connectivity index (χ4v) is 3.00. The summed E-state index contributed by atoms with van der Waals surface area (Å²) in [4.78, 5) is 0. The van der Waals surface area contributed by atoms with Crippen LogP contribution in [-0.4, -0.2) is 12.2 Å². The Labute approximate surface area is 104 Å². The van der Waals surface area contributed by atoms with E-state index < -0.39 is 5.60 Å². The number of aryl methyl sites for hydroxylation is 1. The summed E-state index contributed by atoms with van der Waals surface area (Å²) >= 11 is 0. The molecule has 2 heteroatoms. The second-order valence-corrected chi connectivity index (χ2v) is 5.23. The first-order chi connectivity index (χ1) is 8.09. The molecule has 0 saturated heterocycles. The van der Waals surface area contributed by atoms with Crippen LogP contribution in [0.4, 0.5) is 0 Å². The lowest BCUT2D eigenvalue weighted by atomic mass is 9.87. The first kappa shape index (κ1) is 12.4. The molecule has 1 fully saturated rings. The molecule has 2 atom stereocenters. The number of hydrogen-bond acceptors (Lipinski definition) is 2. The molecule has 1 aliphatic carbocycles. The van der Waals surface area contributed by atoms with Crippen LogP contribution in [0.1, 0.15) is 43.7 Å². The van der Waals surface area contributed by atoms with Gasteiger partial charge in [0.25, 0.3) is 0 Å². The van der Waals surface area contributed by atoms with Gasteiger partial charge in [0.05, 0.1) is 12.7 Å². The van der Waals surface area contributed by atoms with E-state index in [1.165, 1.54) is 0 Å². The minimum Gasteiger partial charge on any atom is -0.497 e. The third-order valence-corrected chi connectivity index (χ3v) is 4.10. The molecule has 0 amide bonds.